The van der Waals surface area contributed by atoms with Crippen LogP contribution in [0.3, 0.4) is 0 Å². The summed E-state index contributed by atoms with van der Waals surface area (Å²) in [4.78, 5) is 13.0. The van der Waals surface area contributed by atoms with Crippen molar-refractivity contribution in [3.05, 3.63) is 106 Å². The van der Waals surface area contributed by atoms with Gasteiger partial charge < -0.3 is 0 Å². The normalized spacial score (nSPS) is 16.0. The molecule has 154 valence electrons. The standard InChI is InChI=1S/C26H22BrN3O/c27-20-14-13-18-9-6-12-26(31)22-11-5-4-10-21(22)24(23(18)15-20)16-30-17-25(28-29-30)19-7-2-1-3-8-19/h1-5,7-8,10-11,13-15,17,24H,6,9,12,16H2. The fraction of sp³-hybridized carbons (Fsp3) is 0.192. The molecule has 1 aliphatic carbocycles. The number of ketones is 1. The molecule has 31 heavy (non-hydrogen) atoms. The van der Waals surface area contributed by atoms with Crippen LogP contribution in [0.1, 0.15) is 45.8 Å². The van der Waals surface area contributed by atoms with Crippen LogP contribution in [-0.2, 0) is 13.0 Å². The van der Waals surface area contributed by atoms with Gasteiger partial charge in [0.05, 0.1) is 12.7 Å². The Balaban J connectivity index is 1.61. The van der Waals surface area contributed by atoms with Gasteiger partial charge in [0.2, 0.25) is 0 Å². The lowest BCUT2D eigenvalue weighted by molar-refractivity contribution is 0.0979. The molecule has 1 unspecified atom stereocenters. The fourth-order valence-corrected chi connectivity index (χ4v) is 4.81. The van der Waals surface area contributed by atoms with E-state index in [9.17, 15) is 4.79 Å². The van der Waals surface area contributed by atoms with E-state index in [1.54, 1.807) is 0 Å². The summed E-state index contributed by atoms with van der Waals surface area (Å²) in [7, 11) is 0. The monoisotopic (exact) mass is 471 g/mol. The lowest BCUT2D eigenvalue weighted by Crippen LogP contribution is -2.15. The predicted octanol–water partition coefficient (Wildman–Crippen LogP) is 6.06. The van der Waals surface area contributed by atoms with Gasteiger partial charge in [-0.25, -0.2) is 0 Å². The number of hydrogen-bond acceptors (Lipinski definition) is 3. The molecule has 3 aromatic carbocycles. The molecule has 5 rings (SSSR count). The van der Waals surface area contributed by atoms with Crippen LogP contribution in [0.25, 0.3) is 11.3 Å². The van der Waals surface area contributed by atoms with Crippen LogP contribution in [0.5, 0.6) is 0 Å². The number of benzene rings is 3. The van der Waals surface area contributed by atoms with E-state index in [4.69, 9.17) is 0 Å². The van der Waals surface area contributed by atoms with Crippen molar-refractivity contribution in [3.63, 3.8) is 0 Å². The highest BCUT2D eigenvalue weighted by Gasteiger charge is 2.25. The van der Waals surface area contributed by atoms with Crippen LogP contribution in [0.4, 0.5) is 0 Å². The second-order valence-corrected chi connectivity index (χ2v) is 8.87. The number of aromatic nitrogens is 3. The molecule has 5 heteroatoms. The van der Waals surface area contributed by atoms with Crippen molar-refractivity contribution in [2.45, 2.75) is 31.7 Å². The first-order valence-corrected chi connectivity index (χ1v) is 11.3. The molecule has 0 saturated carbocycles. The zero-order chi connectivity index (χ0) is 21.2. The molecule has 0 radical (unpaired) electrons. The molecule has 4 nitrogen and oxygen atoms in total. The summed E-state index contributed by atoms with van der Waals surface area (Å²) in [6, 6.07) is 24.6. The minimum atomic E-state index is 0.0103. The Morgan fingerprint density at radius 1 is 0.935 bits per heavy atom. The lowest BCUT2D eigenvalue weighted by Gasteiger charge is -2.22. The number of fused-ring (bicyclic) bond motifs is 2. The number of carbonyl (C=O) groups is 1. The van der Waals surface area contributed by atoms with Crippen LogP contribution in [0.15, 0.2) is 83.5 Å². The predicted molar refractivity (Wildman–Crippen MR) is 125 cm³/mol. The molecule has 1 aromatic heterocycles. The Kier molecular flexibility index (Phi) is 5.51. The molecule has 0 fully saturated rings. The van der Waals surface area contributed by atoms with E-state index in [1.807, 2.05) is 59.4 Å². The smallest absolute Gasteiger partial charge is 0.163 e. The number of aryl methyl sites for hydroxylation is 1. The summed E-state index contributed by atoms with van der Waals surface area (Å²) in [5.41, 5.74) is 6.31. The van der Waals surface area contributed by atoms with Gasteiger partial charge in [-0.2, -0.15) is 0 Å². The largest absolute Gasteiger partial charge is 0.294 e. The highest BCUT2D eigenvalue weighted by molar-refractivity contribution is 9.10. The van der Waals surface area contributed by atoms with Crippen LogP contribution in [-0.4, -0.2) is 20.8 Å². The molecule has 4 aromatic rings. The Labute approximate surface area is 190 Å². The highest BCUT2D eigenvalue weighted by Crippen LogP contribution is 2.36. The zero-order valence-electron chi connectivity index (χ0n) is 17.0. The van der Waals surface area contributed by atoms with Gasteiger partial charge in [0, 0.05) is 27.9 Å². The maximum atomic E-state index is 13.0. The summed E-state index contributed by atoms with van der Waals surface area (Å²) in [6.45, 7) is 0.619. The second kappa shape index (κ2) is 8.60. The third-order valence-corrected chi connectivity index (χ3v) is 6.44. The van der Waals surface area contributed by atoms with E-state index >= 15 is 0 Å². The third kappa shape index (κ3) is 4.10. The molecule has 1 heterocycles. The number of nitrogens with zero attached hydrogens (tertiary/aromatic N) is 3. The number of rotatable bonds is 3. The van der Waals surface area contributed by atoms with Crippen molar-refractivity contribution in [2.75, 3.05) is 0 Å². The zero-order valence-corrected chi connectivity index (χ0v) is 18.6. The van der Waals surface area contributed by atoms with Gasteiger partial charge >= 0.3 is 0 Å². The molecular weight excluding hydrogens is 450 g/mol. The summed E-state index contributed by atoms with van der Waals surface area (Å²) in [5.74, 6) is 0.229. The maximum Gasteiger partial charge on any atom is 0.163 e. The van der Waals surface area contributed by atoms with Gasteiger partial charge in [-0.3, -0.25) is 9.48 Å². The van der Waals surface area contributed by atoms with Crippen molar-refractivity contribution in [1.82, 2.24) is 15.0 Å². The van der Waals surface area contributed by atoms with E-state index in [0.717, 1.165) is 39.7 Å². The average Bonchev–Trinajstić information content (AvgIpc) is 3.28. The van der Waals surface area contributed by atoms with Gasteiger partial charge in [0.1, 0.15) is 5.69 Å². The molecule has 0 spiro atoms. The van der Waals surface area contributed by atoms with Crippen LogP contribution < -0.4 is 0 Å². The van der Waals surface area contributed by atoms with Gasteiger partial charge in [-0.15, -0.1) is 5.10 Å². The average molecular weight is 472 g/mol. The summed E-state index contributed by atoms with van der Waals surface area (Å²) >= 11 is 3.65. The van der Waals surface area contributed by atoms with Crippen LogP contribution >= 0.6 is 15.9 Å². The topological polar surface area (TPSA) is 47.8 Å². The highest BCUT2D eigenvalue weighted by atomic mass is 79.9. The number of hydrogen-bond donors (Lipinski definition) is 0. The van der Waals surface area contributed by atoms with Crippen LogP contribution in [0.2, 0.25) is 0 Å². The van der Waals surface area contributed by atoms with Crippen molar-refractivity contribution >= 4 is 21.7 Å². The minimum absolute atomic E-state index is 0.0103. The Morgan fingerprint density at radius 2 is 1.74 bits per heavy atom. The molecule has 1 atom stereocenters. The summed E-state index contributed by atoms with van der Waals surface area (Å²) in [6.07, 6.45) is 4.31. The third-order valence-electron chi connectivity index (χ3n) is 5.95. The van der Waals surface area contributed by atoms with E-state index in [0.29, 0.717) is 13.0 Å². The Morgan fingerprint density at radius 3 is 2.61 bits per heavy atom. The maximum absolute atomic E-state index is 13.0. The summed E-state index contributed by atoms with van der Waals surface area (Å²) in [5, 5.41) is 8.82. The second-order valence-electron chi connectivity index (χ2n) is 7.95. The first kappa shape index (κ1) is 19.9. The molecule has 1 aliphatic rings. The van der Waals surface area contributed by atoms with Gasteiger partial charge in [-0.1, -0.05) is 81.8 Å². The van der Waals surface area contributed by atoms with Gasteiger partial charge in [0.25, 0.3) is 0 Å². The van der Waals surface area contributed by atoms with Crippen molar-refractivity contribution in [3.8, 4) is 11.3 Å². The molecule has 0 aliphatic heterocycles. The van der Waals surface area contributed by atoms with E-state index in [2.05, 4.69) is 50.5 Å². The first-order chi connectivity index (χ1) is 15.2. The van der Waals surface area contributed by atoms with Crippen molar-refractivity contribution in [2.24, 2.45) is 0 Å². The quantitative estimate of drug-likeness (QED) is 0.364. The van der Waals surface area contributed by atoms with E-state index < -0.39 is 0 Å². The molecule has 0 bridgehead atoms. The van der Waals surface area contributed by atoms with E-state index in [-0.39, 0.29) is 11.7 Å². The van der Waals surface area contributed by atoms with Crippen LogP contribution in [0, 0.1) is 0 Å². The molecular formula is C26H22BrN3O. The SMILES string of the molecule is O=C1CCCc2ccc(Br)cc2C(Cn2cc(-c3ccccc3)nn2)c2ccccc21. The minimum Gasteiger partial charge on any atom is -0.294 e. The van der Waals surface area contributed by atoms with Gasteiger partial charge in [0.15, 0.2) is 5.78 Å². The number of carbonyl (C=O) groups excluding carboxylic acids is 1. The molecule has 0 saturated heterocycles. The fourth-order valence-electron chi connectivity index (χ4n) is 4.43. The molecule has 0 amide bonds. The van der Waals surface area contributed by atoms with Gasteiger partial charge in [-0.05, 0) is 41.7 Å². The van der Waals surface area contributed by atoms with Crippen molar-refractivity contribution < 1.29 is 4.79 Å². The lowest BCUT2D eigenvalue weighted by atomic mass is 9.85. The first-order valence-electron chi connectivity index (χ1n) is 10.5. The Hall–Kier alpha value is -3.05. The number of Topliss-reactive ketones (excluding diaryl/α,β-unsaturated/α-hetero) is 1. The Bertz CT molecular complexity index is 1230. The van der Waals surface area contributed by atoms with Crippen molar-refractivity contribution in [1.29, 1.82) is 0 Å². The van der Waals surface area contributed by atoms with E-state index in [1.165, 1.54) is 11.1 Å². The number of halogens is 1. The summed E-state index contributed by atoms with van der Waals surface area (Å²) < 4.78 is 2.94. The molecule has 0 N–H and O–H groups in total.